The van der Waals surface area contributed by atoms with Crippen molar-refractivity contribution >= 4 is 29.2 Å². The van der Waals surface area contributed by atoms with Gasteiger partial charge in [-0.1, -0.05) is 0 Å². The number of nitrogens with one attached hydrogen (secondary N) is 2. The number of rotatable bonds is 7. The lowest BCUT2D eigenvalue weighted by Crippen LogP contribution is -2.52. The van der Waals surface area contributed by atoms with Crippen LogP contribution < -0.4 is 16.4 Å². The zero-order chi connectivity index (χ0) is 23.6. The molecule has 0 unspecified atom stereocenters. The van der Waals surface area contributed by atoms with Crippen molar-refractivity contribution in [2.24, 2.45) is 12.8 Å². The third-order valence-corrected chi connectivity index (χ3v) is 5.07. The minimum Gasteiger partial charge on any atom is -0.391 e. The Morgan fingerprint density at radius 1 is 1.16 bits per heavy atom. The molecule has 2 atom stereocenters. The van der Waals surface area contributed by atoms with Crippen LogP contribution in [-0.4, -0.2) is 45.3 Å². The first-order chi connectivity index (χ1) is 14.4. The number of halogens is 1. The van der Waals surface area contributed by atoms with Gasteiger partial charge in [0.1, 0.15) is 11.9 Å². The summed E-state index contributed by atoms with van der Waals surface area (Å²) in [7, 11) is 1.52. The lowest BCUT2D eigenvalue weighted by atomic mass is 10.1. The number of amides is 3. The number of hydrogen-bond acceptors (Lipinski definition) is 5. The van der Waals surface area contributed by atoms with Crippen LogP contribution in [0.25, 0.3) is 0 Å². The molecule has 1 aromatic heterocycles. The summed E-state index contributed by atoms with van der Waals surface area (Å²) in [6.45, 7) is 5.93. The van der Waals surface area contributed by atoms with Gasteiger partial charge in [0.25, 0.3) is 17.6 Å². The average molecular weight is 432 g/mol. The molecule has 0 aliphatic carbocycles. The highest BCUT2D eigenvalue weighted by atomic mass is 19.1. The molecule has 166 valence electrons. The summed E-state index contributed by atoms with van der Waals surface area (Å²) in [4.78, 5) is 49.4. The SMILES string of the molecule is Cc1cc(NC(=O)c2c(C)c(C(=O)C(=O)N[C@H](C(N)=O)[C@@H](C)O)n(C)c2C)ccc1F. The van der Waals surface area contributed by atoms with Gasteiger partial charge in [-0.2, -0.15) is 0 Å². The summed E-state index contributed by atoms with van der Waals surface area (Å²) in [6, 6.07) is 2.67. The van der Waals surface area contributed by atoms with Gasteiger partial charge in [0, 0.05) is 18.4 Å². The highest BCUT2D eigenvalue weighted by Gasteiger charge is 2.31. The van der Waals surface area contributed by atoms with E-state index in [-0.39, 0.29) is 16.8 Å². The second-order valence-electron chi connectivity index (χ2n) is 7.33. The third-order valence-electron chi connectivity index (χ3n) is 5.07. The predicted molar refractivity (Wildman–Crippen MR) is 111 cm³/mol. The first kappa shape index (κ1) is 23.7. The van der Waals surface area contributed by atoms with E-state index in [9.17, 15) is 28.7 Å². The Hall–Kier alpha value is -3.53. The Labute approximate surface area is 178 Å². The molecule has 0 fully saturated rings. The number of nitrogens with two attached hydrogens (primary N) is 1. The number of aliphatic hydroxyl groups excluding tert-OH is 1. The fourth-order valence-electron chi connectivity index (χ4n) is 3.29. The van der Waals surface area contributed by atoms with Crippen molar-refractivity contribution in [1.82, 2.24) is 9.88 Å². The van der Waals surface area contributed by atoms with Gasteiger partial charge in [-0.05, 0) is 57.0 Å². The van der Waals surface area contributed by atoms with Crippen LogP contribution in [0.2, 0.25) is 0 Å². The number of aliphatic hydroxyl groups is 1. The molecule has 0 bridgehead atoms. The maximum absolute atomic E-state index is 13.5. The number of primary amides is 1. The van der Waals surface area contributed by atoms with Crippen molar-refractivity contribution in [2.75, 3.05) is 5.32 Å². The van der Waals surface area contributed by atoms with E-state index in [1.165, 1.54) is 43.7 Å². The van der Waals surface area contributed by atoms with E-state index in [0.29, 0.717) is 16.9 Å². The van der Waals surface area contributed by atoms with Gasteiger partial charge in [0.15, 0.2) is 0 Å². The molecule has 2 aromatic rings. The Morgan fingerprint density at radius 2 is 1.77 bits per heavy atom. The van der Waals surface area contributed by atoms with Crippen LogP contribution in [0.3, 0.4) is 0 Å². The van der Waals surface area contributed by atoms with Gasteiger partial charge in [0.2, 0.25) is 5.91 Å². The largest absolute Gasteiger partial charge is 0.391 e. The number of carbonyl (C=O) groups excluding carboxylic acids is 4. The van der Waals surface area contributed by atoms with Crippen LogP contribution >= 0.6 is 0 Å². The van der Waals surface area contributed by atoms with Crippen molar-refractivity contribution < 1.29 is 28.7 Å². The normalized spacial score (nSPS) is 12.7. The second kappa shape index (κ2) is 9.09. The van der Waals surface area contributed by atoms with Crippen molar-refractivity contribution in [3.63, 3.8) is 0 Å². The molecular weight excluding hydrogens is 407 g/mol. The van der Waals surface area contributed by atoms with Gasteiger partial charge in [-0.15, -0.1) is 0 Å². The Balaban J connectivity index is 2.35. The van der Waals surface area contributed by atoms with Crippen molar-refractivity contribution in [3.8, 4) is 0 Å². The topological polar surface area (TPSA) is 144 Å². The zero-order valence-electron chi connectivity index (χ0n) is 17.9. The van der Waals surface area contributed by atoms with Crippen LogP contribution in [0.5, 0.6) is 0 Å². The molecule has 0 saturated heterocycles. The summed E-state index contributed by atoms with van der Waals surface area (Å²) in [5.74, 6) is -4.07. The van der Waals surface area contributed by atoms with E-state index in [1.807, 2.05) is 0 Å². The standard InChI is InChI=1S/C21H25FN4O5/c1-9-8-13(6-7-14(9)22)24-20(30)15-10(2)17(26(5)11(15)3)18(28)21(31)25-16(12(4)27)19(23)29/h6-8,12,16,27H,1-5H3,(H2,23,29)(H,24,30)(H,25,31)/t12-,16+/m1/s1. The fourth-order valence-corrected chi connectivity index (χ4v) is 3.29. The summed E-state index contributed by atoms with van der Waals surface area (Å²) in [6.07, 6.45) is -1.30. The first-order valence-electron chi connectivity index (χ1n) is 9.42. The molecule has 0 radical (unpaired) electrons. The highest BCUT2D eigenvalue weighted by Crippen LogP contribution is 2.24. The van der Waals surface area contributed by atoms with Crippen molar-refractivity contribution in [3.05, 3.63) is 52.1 Å². The number of aromatic nitrogens is 1. The van der Waals surface area contributed by atoms with E-state index in [1.54, 1.807) is 13.8 Å². The van der Waals surface area contributed by atoms with E-state index >= 15 is 0 Å². The maximum Gasteiger partial charge on any atom is 0.294 e. The van der Waals surface area contributed by atoms with Crippen molar-refractivity contribution in [2.45, 2.75) is 39.8 Å². The Kier molecular flexibility index (Phi) is 6.96. The average Bonchev–Trinajstić information content (AvgIpc) is 2.90. The zero-order valence-corrected chi connectivity index (χ0v) is 17.9. The summed E-state index contributed by atoms with van der Waals surface area (Å²) >= 11 is 0. The number of ketones is 1. The van der Waals surface area contributed by atoms with Crippen molar-refractivity contribution in [1.29, 1.82) is 0 Å². The van der Waals surface area contributed by atoms with Crippen LogP contribution in [0, 0.1) is 26.6 Å². The first-order valence-corrected chi connectivity index (χ1v) is 9.42. The van der Waals surface area contributed by atoms with Gasteiger partial charge >= 0.3 is 0 Å². The van der Waals surface area contributed by atoms with Crippen LogP contribution in [0.15, 0.2) is 18.2 Å². The van der Waals surface area contributed by atoms with E-state index in [2.05, 4.69) is 10.6 Å². The monoisotopic (exact) mass is 432 g/mol. The molecule has 0 aliphatic heterocycles. The van der Waals surface area contributed by atoms with Gasteiger partial charge in [0.05, 0.1) is 17.4 Å². The number of hydrogen-bond donors (Lipinski definition) is 4. The van der Waals surface area contributed by atoms with Gasteiger partial charge in [-0.25, -0.2) is 4.39 Å². The highest BCUT2D eigenvalue weighted by molar-refractivity contribution is 6.43. The molecule has 10 heteroatoms. The number of benzene rings is 1. The van der Waals surface area contributed by atoms with Gasteiger partial charge in [-0.3, -0.25) is 19.2 Å². The maximum atomic E-state index is 13.5. The molecule has 9 nitrogen and oxygen atoms in total. The Bertz CT molecular complexity index is 1070. The number of anilines is 1. The summed E-state index contributed by atoms with van der Waals surface area (Å²) < 4.78 is 14.9. The summed E-state index contributed by atoms with van der Waals surface area (Å²) in [5.41, 5.74) is 6.68. The molecule has 1 heterocycles. The van der Waals surface area contributed by atoms with Crippen LogP contribution in [0.1, 0.15) is 44.6 Å². The third kappa shape index (κ3) is 4.80. The predicted octanol–water partition coefficient (Wildman–Crippen LogP) is 0.875. The molecule has 31 heavy (non-hydrogen) atoms. The number of Topliss-reactive ketones (excluding diaryl/α,β-unsaturated/α-hetero) is 1. The smallest absolute Gasteiger partial charge is 0.294 e. The molecule has 0 saturated carbocycles. The quantitative estimate of drug-likeness (QED) is 0.379. The Morgan fingerprint density at radius 3 is 2.29 bits per heavy atom. The lowest BCUT2D eigenvalue weighted by Gasteiger charge is -2.17. The molecule has 0 spiro atoms. The summed E-state index contributed by atoms with van der Waals surface area (Å²) in [5, 5.41) is 14.4. The van der Waals surface area contributed by atoms with E-state index in [4.69, 9.17) is 5.73 Å². The molecule has 1 aromatic carbocycles. The van der Waals surface area contributed by atoms with Crippen LogP contribution in [-0.2, 0) is 16.6 Å². The minimum absolute atomic E-state index is 0.0516. The van der Waals surface area contributed by atoms with E-state index in [0.717, 1.165) is 0 Å². The second-order valence-corrected chi connectivity index (χ2v) is 7.33. The van der Waals surface area contributed by atoms with Crippen LogP contribution in [0.4, 0.5) is 10.1 Å². The molecule has 3 amide bonds. The van der Waals surface area contributed by atoms with Gasteiger partial charge < -0.3 is 26.0 Å². The fraction of sp³-hybridized carbons (Fsp3) is 0.333. The van der Waals surface area contributed by atoms with E-state index < -0.39 is 41.5 Å². The molecular formula is C21H25FN4O5. The minimum atomic E-state index is -1.44. The molecule has 2 rings (SSSR count). The molecule has 0 aliphatic rings. The number of nitrogens with zero attached hydrogens (tertiary/aromatic N) is 1. The lowest BCUT2D eigenvalue weighted by molar-refractivity contribution is -0.127. The number of aryl methyl sites for hydroxylation is 1. The molecule has 5 N–H and O–H groups in total. The number of carbonyl (C=O) groups is 4.